The minimum absolute atomic E-state index is 0.280. The number of likely N-dealkylation sites (N-methyl/N-ethyl adjacent to an activating group) is 1. The fourth-order valence-electron chi connectivity index (χ4n) is 2.76. The summed E-state index contributed by atoms with van der Waals surface area (Å²) in [5, 5.41) is 13.4. The van der Waals surface area contributed by atoms with E-state index in [9.17, 15) is 9.90 Å². The number of hydrogen-bond acceptors (Lipinski definition) is 4. The molecule has 0 aromatic heterocycles. The zero-order chi connectivity index (χ0) is 16.3. The number of aliphatic hydroxyl groups excluding tert-OH is 1. The van der Waals surface area contributed by atoms with Gasteiger partial charge in [-0.1, -0.05) is 24.3 Å². The summed E-state index contributed by atoms with van der Waals surface area (Å²) in [5.74, 6) is 0. The van der Waals surface area contributed by atoms with Gasteiger partial charge in [-0.05, 0) is 45.4 Å². The molecule has 122 valence electrons. The van der Waals surface area contributed by atoms with Crippen molar-refractivity contribution in [1.29, 1.82) is 0 Å². The number of hydrogen-bond donors (Lipinski definition) is 2. The van der Waals surface area contributed by atoms with Gasteiger partial charge in [0.05, 0.1) is 12.1 Å². The fourth-order valence-corrected chi connectivity index (χ4v) is 2.76. The largest absolute Gasteiger partial charge is 0.444 e. The Kier molecular flexibility index (Phi) is 5.08. The van der Waals surface area contributed by atoms with Crippen LogP contribution in [0.4, 0.5) is 4.79 Å². The van der Waals surface area contributed by atoms with Crippen LogP contribution in [-0.2, 0) is 17.7 Å². The molecule has 1 aromatic carbocycles. The molecule has 1 aromatic rings. The highest BCUT2D eigenvalue weighted by Crippen LogP contribution is 2.26. The predicted molar refractivity (Wildman–Crippen MR) is 85.6 cm³/mol. The van der Waals surface area contributed by atoms with Gasteiger partial charge in [-0.3, -0.25) is 4.90 Å². The third kappa shape index (κ3) is 3.99. The van der Waals surface area contributed by atoms with Gasteiger partial charge in [0.1, 0.15) is 5.60 Å². The Morgan fingerprint density at radius 2 is 2.05 bits per heavy atom. The lowest BCUT2D eigenvalue weighted by atomic mass is 9.91. The van der Waals surface area contributed by atoms with Crippen LogP contribution in [-0.4, -0.2) is 47.4 Å². The summed E-state index contributed by atoms with van der Waals surface area (Å²) in [6.45, 7) is 6.45. The first-order chi connectivity index (χ1) is 10.3. The molecule has 1 heterocycles. The summed E-state index contributed by atoms with van der Waals surface area (Å²) in [7, 11) is 1.79. The van der Waals surface area contributed by atoms with E-state index in [-0.39, 0.29) is 12.1 Å². The molecule has 1 amide bonds. The van der Waals surface area contributed by atoms with Crippen LogP contribution in [0.25, 0.3) is 0 Å². The van der Waals surface area contributed by atoms with E-state index in [1.807, 2.05) is 39.0 Å². The summed E-state index contributed by atoms with van der Waals surface area (Å²) in [6, 6.07) is 7.76. The van der Waals surface area contributed by atoms with Gasteiger partial charge in [-0.2, -0.15) is 0 Å². The minimum atomic E-state index is -0.633. The molecule has 5 nitrogen and oxygen atoms in total. The van der Waals surface area contributed by atoms with Gasteiger partial charge >= 0.3 is 6.09 Å². The number of ether oxygens (including phenoxy) is 1. The number of nitrogens with one attached hydrogen (secondary N) is 1. The van der Waals surface area contributed by atoms with Gasteiger partial charge in [-0.25, -0.2) is 4.79 Å². The third-order valence-corrected chi connectivity index (χ3v) is 3.77. The first kappa shape index (κ1) is 16.8. The van der Waals surface area contributed by atoms with Gasteiger partial charge in [0.2, 0.25) is 0 Å². The Labute approximate surface area is 132 Å². The maximum atomic E-state index is 12.5. The standard InChI is InChI=1S/C17H26N2O3/c1-17(2,3)22-16(21)19-11-13-8-6-5-7-12(13)9-14(19)15(20)10-18-4/h5-8,14-15,18,20H,9-11H2,1-4H3/t14-,15?/m0/s1. The van der Waals surface area contributed by atoms with Crippen molar-refractivity contribution >= 4 is 6.09 Å². The third-order valence-electron chi connectivity index (χ3n) is 3.77. The predicted octanol–water partition coefficient (Wildman–Crippen LogP) is 1.93. The van der Waals surface area contributed by atoms with Crippen molar-refractivity contribution in [2.75, 3.05) is 13.6 Å². The molecule has 0 saturated heterocycles. The number of rotatable bonds is 3. The molecular formula is C17H26N2O3. The molecule has 0 bridgehead atoms. The van der Waals surface area contributed by atoms with Crippen LogP contribution in [0, 0.1) is 0 Å². The number of benzene rings is 1. The van der Waals surface area contributed by atoms with Gasteiger partial charge in [0.15, 0.2) is 0 Å². The molecule has 2 N–H and O–H groups in total. The summed E-state index contributed by atoms with van der Waals surface area (Å²) in [4.78, 5) is 14.2. The second-order valence-electron chi connectivity index (χ2n) is 6.77. The lowest BCUT2D eigenvalue weighted by Crippen LogP contribution is -2.53. The summed E-state index contributed by atoms with van der Waals surface area (Å²) in [5.41, 5.74) is 1.75. The van der Waals surface area contributed by atoms with Crippen LogP contribution >= 0.6 is 0 Å². The normalized spacial score (nSPS) is 19.5. The second-order valence-corrected chi connectivity index (χ2v) is 6.77. The molecule has 0 radical (unpaired) electrons. The highest BCUT2D eigenvalue weighted by atomic mass is 16.6. The molecule has 0 aliphatic carbocycles. The van der Waals surface area contributed by atoms with E-state index in [0.29, 0.717) is 19.5 Å². The molecule has 22 heavy (non-hydrogen) atoms. The molecule has 1 aliphatic rings. The molecule has 0 fully saturated rings. The Bertz CT molecular complexity index is 525. The van der Waals surface area contributed by atoms with Crippen LogP contribution in [0.1, 0.15) is 31.9 Å². The molecule has 5 heteroatoms. The number of fused-ring (bicyclic) bond motifs is 1. The SMILES string of the molecule is CNCC(O)[C@@H]1Cc2ccccc2CN1C(=O)OC(C)(C)C. The molecule has 0 saturated carbocycles. The quantitative estimate of drug-likeness (QED) is 0.896. The summed E-state index contributed by atoms with van der Waals surface area (Å²) < 4.78 is 5.51. The molecule has 1 aliphatic heterocycles. The van der Waals surface area contributed by atoms with Gasteiger partial charge in [0.25, 0.3) is 0 Å². The molecule has 2 rings (SSSR count). The maximum Gasteiger partial charge on any atom is 0.410 e. The number of carbonyl (C=O) groups is 1. The van der Waals surface area contributed by atoms with Crippen molar-refractivity contribution in [2.24, 2.45) is 0 Å². The first-order valence-corrected chi connectivity index (χ1v) is 7.71. The van der Waals surface area contributed by atoms with E-state index < -0.39 is 11.7 Å². The lowest BCUT2D eigenvalue weighted by molar-refractivity contribution is -0.0113. The molecular weight excluding hydrogens is 280 g/mol. The number of aliphatic hydroxyl groups is 1. The maximum absolute atomic E-state index is 12.5. The zero-order valence-corrected chi connectivity index (χ0v) is 13.8. The smallest absolute Gasteiger partial charge is 0.410 e. The van der Waals surface area contributed by atoms with E-state index in [4.69, 9.17) is 4.74 Å². The van der Waals surface area contributed by atoms with Crippen molar-refractivity contribution in [1.82, 2.24) is 10.2 Å². The van der Waals surface area contributed by atoms with Crippen LogP contribution in [0.2, 0.25) is 0 Å². The Morgan fingerprint density at radius 1 is 1.41 bits per heavy atom. The van der Waals surface area contributed by atoms with Gasteiger partial charge in [-0.15, -0.1) is 0 Å². The van der Waals surface area contributed by atoms with E-state index in [1.54, 1.807) is 11.9 Å². The van der Waals surface area contributed by atoms with E-state index in [2.05, 4.69) is 11.4 Å². The first-order valence-electron chi connectivity index (χ1n) is 7.71. The molecule has 2 atom stereocenters. The van der Waals surface area contributed by atoms with E-state index >= 15 is 0 Å². The number of carbonyl (C=O) groups excluding carboxylic acids is 1. The average Bonchev–Trinajstić information content (AvgIpc) is 2.44. The number of amides is 1. The Morgan fingerprint density at radius 3 is 2.64 bits per heavy atom. The van der Waals surface area contributed by atoms with Crippen LogP contribution in [0.3, 0.4) is 0 Å². The fraction of sp³-hybridized carbons (Fsp3) is 0.588. The molecule has 1 unspecified atom stereocenters. The summed E-state index contributed by atoms with van der Waals surface area (Å²) >= 11 is 0. The Hall–Kier alpha value is -1.59. The minimum Gasteiger partial charge on any atom is -0.444 e. The second kappa shape index (κ2) is 6.67. The molecule has 0 spiro atoms. The van der Waals surface area contributed by atoms with Crippen molar-refractivity contribution in [3.05, 3.63) is 35.4 Å². The topological polar surface area (TPSA) is 61.8 Å². The van der Waals surface area contributed by atoms with Crippen LogP contribution in [0.5, 0.6) is 0 Å². The zero-order valence-electron chi connectivity index (χ0n) is 13.8. The monoisotopic (exact) mass is 306 g/mol. The highest BCUT2D eigenvalue weighted by Gasteiger charge is 2.36. The van der Waals surface area contributed by atoms with Crippen molar-refractivity contribution in [3.63, 3.8) is 0 Å². The average molecular weight is 306 g/mol. The van der Waals surface area contributed by atoms with Crippen molar-refractivity contribution < 1.29 is 14.6 Å². The van der Waals surface area contributed by atoms with E-state index in [0.717, 1.165) is 5.56 Å². The number of nitrogens with zero attached hydrogens (tertiary/aromatic N) is 1. The summed E-state index contributed by atoms with van der Waals surface area (Å²) in [6.07, 6.45) is -0.369. The van der Waals surface area contributed by atoms with Gasteiger partial charge in [0, 0.05) is 13.1 Å². The van der Waals surface area contributed by atoms with Crippen molar-refractivity contribution in [3.8, 4) is 0 Å². The Balaban J connectivity index is 2.25. The van der Waals surface area contributed by atoms with E-state index in [1.165, 1.54) is 5.56 Å². The van der Waals surface area contributed by atoms with Crippen LogP contribution < -0.4 is 5.32 Å². The van der Waals surface area contributed by atoms with Crippen molar-refractivity contribution in [2.45, 2.75) is 51.5 Å². The lowest BCUT2D eigenvalue weighted by Gasteiger charge is -2.39. The highest BCUT2D eigenvalue weighted by molar-refractivity contribution is 5.69. The van der Waals surface area contributed by atoms with Gasteiger partial charge < -0.3 is 15.2 Å². The van der Waals surface area contributed by atoms with Crippen LogP contribution in [0.15, 0.2) is 24.3 Å².